The number of methoxy groups -OCH3 is 1. The van der Waals surface area contributed by atoms with Gasteiger partial charge in [-0.25, -0.2) is 4.79 Å². The third kappa shape index (κ3) is 4.59. The van der Waals surface area contributed by atoms with E-state index in [1.165, 1.54) is 7.11 Å². The van der Waals surface area contributed by atoms with Gasteiger partial charge in [0.05, 0.1) is 25.0 Å². The number of ether oxygens (including phenoxy) is 2. The number of nitrogens with zero attached hydrogens (tertiary/aromatic N) is 1. The first-order valence-electron chi connectivity index (χ1n) is 9.24. The molecular formula is C22H24NO6-. The number of anilines is 1. The SMILES string of the molecule is COc1c(C)c(C2CC(=CC(C)=Cc3ccc(N([O-])O)cc3)CO2)oc(=O)c1C. The minimum atomic E-state index is -0.414. The second kappa shape index (κ2) is 8.65. The van der Waals surface area contributed by atoms with Crippen molar-refractivity contribution in [3.8, 4) is 5.75 Å². The van der Waals surface area contributed by atoms with Gasteiger partial charge in [0.15, 0.2) is 0 Å². The fraction of sp³-hybridized carbons (Fsp3) is 0.318. The van der Waals surface area contributed by atoms with Crippen LogP contribution >= 0.6 is 0 Å². The van der Waals surface area contributed by atoms with Crippen molar-refractivity contribution in [3.05, 3.63) is 79.6 Å². The molecule has 7 heteroatoms. The van der Waals surface area contributed by atoms with Crippen LogP contribution in [0.1, 0.15) is 41.9 Å². The standard InChI is InChI=1S/C22H24NO6/c1-13(9-16-5-7-18(8-6-16)23(25)26)10-17-11-19(28-12-17)21-14(2)20(27-4)15(3)22(24)29-21/h5-10,19,25H,11-12H2,1-4H3/q-1. The van der Waals surface area contributed by atoms with Crippen molar-refractivity contribution in [1.82, 2.24) is 0 Å². The minimum Gasteiger partial charge on any atom is -0.733 e. The molecular weight excluding hydrogens is 374 g/mol. The van der Waals surface area contributed by atoms with E-state index in [0.29, 0.717) is 30.1 Å². The molecule has 1 unspecified atom stereocenters. The smallest absolute Gasteiger partial charge is 0.342 e. The fourth-order valence-electron chi connectivity index (χ4n) is 3.51. The molecule has 3 rings (SSSR count). The minimum absolute atomic E-state index is 0.168. The highest BCUT2D eigenvalue weighted by Gasteiger charge is 2.28. The van der Waals surface area contributed by atoms with Gasteiger partial charge in [-0.2, -0.15) is 0 Å². The molecule has 7 nitrogen and oxygen atoms in total. The lowest BCUT2D eigenvalue weighted by molar-refractivity contribution is 0.0911. The maximum atomic E-state index is 12.1. The summed E-state index contributed by atoms with van der Waals surface area (Å²) in [4.78, 5) is 12.1. The molecule has 1 saturated heterocycles. The van der Waals surface area contributed by atoms with Crippen molar-refractivity contribution in [3.63, 3.8) is 0 Å². The Kier molecular flexibility index (Phi) is 6.22. The Morgan fingerprint density at radius 3 is 2.59 bits per heavy atom. The van der Waals surface area contributed by atoms with Crippen molar-refractivity contribution >= 4 is 11.8 Å². The predicted octanol–water partition coefficient (Wildman–Crippen LogP) is 4.45. The average molecular weight is 398 g/mol. The summed E-state index contributed by atoms with van der Waals surface area (Å²) in [5.74, 6) is 1.04. The normalized spacial score (nSPS) is 18.3. The molecule has 0 aliphatic carbocycles. The highest BCUT2D eigenvalue weighted by atomic mass is 16.8. The molecule has 0 bridgehead atoms. The molecule has 0 amide bonds. The molecule has 0 saturated carbocycles. The quantitative estimate of drug-likeness (QED) is 0.743. The van der Waals surface area contributed by atoms with E-state index in [9.17, 15) is 10.0 Å². The molecule has 1 aromatic heterocycles. The van der Waals surface area contributed by atoms with Gasteiger partial charge in [0, 0.05) is 12.0 Å². The van der Waals surface area contributed by atoms with E-state index in [1.54, 1.807) is 31.2 Å². The summed E-state index contributed by atoms with van der Waals surface area (Å²) >= 11 is 0. The first-order valence-corrected chi connectivity index (χ1v) is 9.24. The molecule has 1 aromatic carbocycles. The van der Waals surface area contributed by atoms with Crippen LogP contribution in [0.4, 0.5) is 5.69 Å². The largest absolute Gasteiger partial charge is 0.733 e. The molecule has 2 aromatic rings. The van der Waals surface area contributed by atoms with Crippen LogP contribution < -0.4 is 15.6 Å². The van der Waals surface area contributed by atoms with Crippen LogP contribution in [0.25, 0.3) is 6.08 Å². The molecule has 0 radical (unpaired) electrons. The highest BCUT2D eigenvalue weighted by molar-refractivity contribution is 5.59. The van der Waals surface area contributed by atoms with Crippen LogP contribution in [-0.2, 0) is 4.74 Å². The lowest BCUT2D eigenvalue weighted by Gasteiger charge is -2.21. The van der Waals surface area contributed by atoms with Crippen molar-refractivity contribution in [2.75, 3.05) is 18.9 Å². The Labute approximate surface area is 169 Å². The Balaban J connectivity index is 1.77. The Bertz CT molecular complexity index is 1000. The van der Waals surface area contributed by atoms with Crippen molar-refractivity contribution in [2.24, 2.45) is 0 Å². The van der Waals surface area contributed by atoms with Crippen molar-refractivity contribution in [1.29, 1.82) is 0 Å². The molecule has 1 aliphatic heterocycles. The van der Waals surface area contributed by atoms with Gasteiger partial charge in [0.25, 0.3) is 0 Å². The fourth-order valence-corrected chi connectivity index (χ4v) is 3.51. The lowest BCUT2D eigenvalue weighted by atomic mass is 10.0. The summed E-state index contributed by atoms with van der Waals surface area (Å²) in [6.07, 6.45) is 4.30. The topological polar surface area (TPSA) is 95.2 Å². The Morgan fingerprint density at radius 2 is 1.97 bits per heavy atom. The van der Waals surface area contributed by atoms with Gasteiger partial charge >= 0.3 is 5.63 Å². The van der Waals surface area contributed by atoms with E-state index in [0.717, 1.165) is 22.3 Å². The zero-order chi connectivity index (χ0) is 21.1. The van der Waals surface area contributed by atoms with E-state index in [-0.39, 0.29) is 17.0 Å². The number of rotatable bonds is 5. The molecule has 1 aliphatic rings. The predicted molar refractivity (Wildman–Crippen MR) is 110 cm³/mol. The van der Waals surface area contributed by atoms with Crippen LogP contribution in [0.3, 0.4) is 0 Å². The summed E-state index contributed by atoms with van der Waals surface area (Å²) in [5, 5.41) is 19.6. The summed E-state index contributed by atoms with van der Waals surface area (Å²) in [5.41, 5.74) is 4.00. The Hall–Kier alpha value is -2.87. The van der Waals surface area contributed by atoms with E-state index < -0.39 is 5.63 Å². The molecule has 0 spiro atoms. The first-order chi connectivity index (χ1) is 13.8. The molecule has 2 heterocycles. The summed E-state index contributed by atoms with van der Waals surface area (Å²) in [6.45, 7) is 5.96. The van der Waals surface area contributed by atoms with Gasteiger partial charge < -0.3 is 24.3 Å². The van der Waals surface area contributed by atoms with Crippen LogP contribution in [0.2, 0.25) is 0 Å². The van der Waals surface area contributed by atoms with Gasteiger partial charge in [-0.15, -0.1) is 0 Å². The third-order valence-corrected chi connectivity index (χ3v) is 4.91. The molecule has 1 atom stereocenters. The van der Waals surface area contributed by atoms with Crippen LogP contribution in [0.5, 0.6) is 5.75 Å². The van der Waals surface area contributed by atoms with Gasteiger partial charge in [-0.3, -0.25) is 5.21 Å². The summed E-state index contributed by atoms with van der Waals surface area (Å²) in [6, 6.07) is 6.60. The third-order valence-electron chi connectivity index (χ3n) is 4.91. The molecule has 1 fully saturated rings. The second-order valence-electron chi connectivity index (χ2n) is 7.10. The highest BCUT2D eigenvalue weighted by Crippen LogP contribution is 2.37. The zero-order valence-corrected chi connectivity index (χ0v) is 16.9. The van der Waals surface area contributed by atoms with Gasteiger partial charge in [-0.05, 0) is 44.0 Å². The summed E-state index contributed by atoms with van der Waals surface area (Å²) < 4.78 is 16.7. The maximum Gasteiger partial charge on any atom is 0.342 e. The summed E-state index contributed by atoms with van der Waals surface area (Å²) in [7, 11) is 1.54. The van der Waals surface area contributed by atoms with Gasteiger partial charge in [-0.1, -0.05) is 29.9 Å². The van der Waals surface area contributed by atoms with Crippen LogP contribution in [0.15, 0.2) is 50.7 Å². The number of benzene rings is 1. The second-order valence-corrected chi connectivity index (χ2v) is 7.10. The Morgan fingerprint density at radius 1 is 1.28 bits per heavy atom. The van der Waals surface area contributed by atoms with Crippen LogP contribution in [0, 0.1) is 19.1 Å². The van der Waals surface area contributed by atoms with E-state index in [2.05, 4.69) is 0 Å². The molecule has 1 N–H and O–H groups in total. The van der Waals surface area contributed by atoms with Crippen molar-refractivity contribution < 1.29 is 19.1 Å². The zero-order valence-electron chi connectivity index (χ0n) is 16.9. The number of allylic oxidation sites excluding steroid dienone is 2. The number of hydrogen-bond donors (Lipinski definition) is 1. The van der Waals surface area contributed by atoms with Crippen molar-refractivity contribution in [2.45, 2.75) is 33.3 Å². The van der Waals surface area contributed by atoms with E-state index >= 15 is 0 Å². The first kappa shape index (κ1) is 20.9. The monoisotopic (exact) mass is 398 g/mol. The molecule has 29 heavy (non-hydrogen) atoms. The molecule has 154 valence electrons. The van der Waals surface area contributed by atoms with Gasteiger partial charge in [0.2, 0.25) is 0 Å². The van der Waals surface area contributed by atoms with E-state index in [4.69, 9.17) is 19.1 Å². The van der Waals surface area contributed by atoms with Crippen LogP contribution in [-0.4, -0.2) is 18.9 Å². The van der Waals surface area contributed by atoms with E-state index in [1.807, 2.05) is 26.0 Å². The maximum absolute atomic E-state index is 12.1. The lowest BCUT2D eigenvalue weighted by Crippen LogP contribution is -2.12. The average Bonchev–Trinajstić information content (AvgIpc) is 3.13. The van der Waals surface area contributed by atoms with Gasteiger partial charge in [0.1, 0.15) is 17.6 Å². The number of hydrogen-bond acceptors (Lipinski definition) is 7.